The highest BCUT2D eigenvalue weighted by Crippen LogP contribution is 2.50. The monoisotopic (exact) mass is 223 g/mol. The molecule has 1 aliphatic carbocycles. The van der Waals surface area contributed by atoms with Crippen LogP contribution in [0.5, 0.6) is 0 Å². The second-order valence-electron chi connectivity index (χ2n) is 4.91. The highest BCUT2D eigenvalue weighted by atomic mass is 15.6. The Morgan fingerprint density at radius 2 is 2.25 bits per heavy atom. The van der Waals surface area contributed by atoms with E-state index in [1.165, 1.54) is 24.1 Å². The maximum atomic E-state index is 4.27. The fourth-order valence-corrected chi connectivity index (χ4v) is 2.21. The fraction of sp³-hybridized carbons (Fsp3) is 0.909. The highest BCUT2D eigenvalue weighted by Gasteiger charge is 2.47. The molecule has 16 heavy (non-hydrogen) atoms. The van der Waals surface area contributed by atoms with Crippen LogP contribution in [-0.4, -0.2) is 32.8 Å². The Morgan fingerprint density at radius 3 is 2.75 bits per heavy atom. The van der Waals surface area contributed by atoms with E-state index in [9.17, 15) is 0 Å². The molecule has 0 spiro atoms. The van der Waals surface area contributed by atoms with Crippen molar-refractivity contribution >= 4 is 0 Å². The summed E-state index contributed by atoms with van der Waals surface area (Å²) in [5.41, 5.74) is 0.387. The SMILES string of the molecule is CCCNC(C)C1(Cc2nnn(C)n2)CC1. The van der Waals surface area contributed by atoms with E-state index in [-0.39, 0.29) is 0 Å². The lowest BCUT2D eigenvalue weighted by Gasteiger charge is -2.23. The molecule has 0 amide bonds. The van der Waals surface area contributed by atoms with E-state index in [1.54, 1.807) is 0 Å². The average molecular weight is 223 g/mol. The second kappa shape index (κ2) is 4.49. The van der Waals surface area contributed by atoms with E-state index < -0.39 is 0 Å². The maximum absolute atomic E-state index is 4.27. The lowest BCUT2D eigenvalue weighted by molar-refractivity contribution is 0.344. The molecule has 1 N–H and O–H groups in total. The van der Waals surface area contributed by atoms with Gasteiger partial charge in [0.05, 0.1) is 7.05 Å². The molecule has 0 bridgehead atoms. The van der Waals surface area contributed by atoms with Gasteiger partial charge in [-0.25, -0.2) is 0 Å². The first-order chi connectivity index (χ1) is 7.66. The van der Waals surface area contributed by atoms with Gasteiger partial charge >= 0.3 is 0 Å². The number of nitrogens with one attached hydrogen (secondary N) is 1. The molecule has 1 atom stereocenters. The third-order valence-electron chi connectivity index (χ3n) is 3.57. The predicted octanol–water partition coefficient (Wildman–Crippen LogP) is 0.921. The summed E-state index contributed by atoms with van der Waals surface area (Å²) in [6.45, 7) is 5.57. The fourth-order valence-electron chi connectivity index (χ4n) is 2.21. The van der Waals surface area contributed by atoms with Gasteiger partial charge in [0.1, 0.15) is 0 Å². The quantitative estimate of drug-likeness (QED) is 0.779. The highest BCUT2D eigenvalue weighted by molar-refractivity contribution is 5.05. The smallest absolute Gasteiger partial charge is 0.175 e. The molecule has 1 aliphatic rings. The van der Waals surface area contributed by atoms with Gasteiger partial charge in [-0.15, -0.1) is 10.2 Å². The number of tetrazole rings is 1. The molecule has 1 unspecified atom stereocenters. The molecule has 5 nitrogen and oxygen atoms in total. The van der Waals surface area contributed by atoms with E-state index in [1.807, 2.05) is 7.05 Å². The summed E-state index contributed by atoms with van der Waals surface area (Å²) in [6, 6.07) is 0.552. The number of aryl methyl sites for hydroxylation is 1. The third kappa shape index (κ3) is 2.40. The van der Waals surface area contributed by atoms with Crippen molar-refractivity contribution in [2.75, 3.05) is 6.54 Å². The van der Waals surface area contributed by atoms with Gasteiger partial charge in [0, 0.05) is 12.5 Å². The summed E-state index contributed by atoms with van der Waals surface area (Å²) in [6.07, 6.45) is 4.70. The van der Waals surface area contributed by atoms with E-state index in [2.05, 4.69) is 34.6 Å². The van der Waals surface area contributed by atoms with Gasteiger partial charge < -0.3 is 5.32 Å². The van der Waals surface area contributed by atoms with Gasteiger partial charge in [0.25, 0.3) is 0 Å². The van der Waals surface area contributed by atoms with Crippen molar-refractivity contribution in [3.63, 3.8) is 0 Å². The number of aromatic nitrogens is 4. The zero-order valence-corrected chi connectivity index (χ0v) is 10.4. The molecule has 0 aliphatic heterocycles. The zero-order chi connectivity index (χ0) is 11.6. The van der Waals surface area contributed by atoms with Crippen LogP contribution < -0.4 is 5.32 Å². The Morgan fingerprint density at radius 1 is 1.50 bits per heavy atom. The third-order valence-corrected chi connectivity index (χ3v) is 3.57. The summed E-state index contributed by atoms with van der Waals surface area (Å²) in [5.74, 6) is 0.880. The summed E-state index contributed by atoms with van der Waals surface area (Å²) in [4.78, 5) is 1.54. The first kappa shape index (κ1) is 11.5. The maximum Gasteiger partial charge on any atom is 0.175 e. The van der Waals surface area contributed by atoms with Crippen molar-refractivity contribution in [2.24, 2.45) is 12.5 Å². The van der Waals surface area contributed by atoms with Crippen LogP contribution in [0.15, 0.2) is 0 Å². The molecule has 1 fully saturated rings. The van der Waals surface area contributed by atoms with E-state index in [0.717, 1.165) is 18.8 Å². The Labute approximate surface area is 96.6 Å². The normalized spacial score (nSPS) is 19.7. The Balaban J connectivity index is 1.92. The van der Waals surface area contributed by atoms with Gasteiger partial charge in [-0.05, 0) is 43.4 Å². The van der Waals surface area contributed by atoms with Crippen molar-refractivity contribution in [2.45, 2.75) is 45.6 Å². The lowest BCUT2D eigenvalue weighted by atomic mass is 9.93. The Bertz CT molecular complexity index is 342. The summed E-state index contributed by atoms with van der Waals surface area (Å²) < 4.78 is 0. The first-order valence-corrected chi connectivity index (χ1v) is 6.12. The molecule has 5 heteroatoms. The van der Waals surface area contributed by atoms with Crippen molar-refractivity contribution in [1.82, 2.24) is 25.5 Å². The molecule has 1 aromatic heterocycles. The zero-order valence-electron chi connectivity index (χ0n) is 10.4. The van der Waals surface area contributed by atoms with Crippen molar-refractivity contribution in [1.29, 1.82) is 0 Å². The van der Waals surface area contributed by atoms with Crippen molar-refractivity contribution < 1.29 is 0 Å². The van der Waals surface area contributed by atoms with Crippen LogP contribution in [0.1, 0.15) is 38.9 Å². The minimum atomic E-state index is 0.387. The number of hydrogen-bond acceptors (Lipinski definition) is 4. The van der Waals surface area contributed by atoms with Crippen molar-refractivity contribution in [3.05, 3.63) is 5.82 Å². The molecule has 90 valence electrons. The van der Waals surface area contributed by atoms with Crippen LogP contribution in [0.3, 0.4) is 0 Å². The summed E-state index contributed by atoms with van der Waals surface area (Å²) in [5, 5.41) is 15.8. The second-order valence-corrected chi connectivity index (χ2v) is 4.91. The van der Waals surface area contributed by atoms with Crippen LogP contribution in [0, 0.1) is 5.41 Å². The molecule has 0 radical (unpaired) electrons. The molecular formula is C11H21N5. The van der Waals surface area contributed by atoms with Crippen LogP contribution in [0.2, 0.25) is 0 Å². The number of rotatable bonds is 6. The summed E-state index contributed by atoms with van der Waals surface area (Å²) in [7, 11) is 1.81. The van der Waals surface area contributed by atoms with Gasteiger partial charge in [0.2, 0.25) is 0 Å². The minimum Gasteiger partial charge on any atom is -0.314 e. The molecule has 2 rings (SSSR count). The average Bonchev–Trinajstić information content (AvgIpc) is 2.93. The lowest BCUT2D eigenvalue weighted by Crippen LogP contribution is -2.36. The van der Waals surface area contributed by atoms with Crippen LogP contribution >= 0.6 is 0 Å². The molecule has 1 aromatic rings. The van der Waals surface area contributed by atoms with Gasteiger partial charge in [-0.3, -0.25) is 0 Å². The van der Waals surface area contributed by atoms with E-state index >= 15 is 0 Å². The summed E-state index contributed by atoms with van der Waals surface area (Å²) >= 11 is 0. The van der Waals surface area contributed by atoms with Crippen LogP contribution in [-0.2, 0) is 13.5 Å². The van der Waals surface area contributed by atoms with E-state index in [4.69, 9.17) is 0 Å². The number of nitrogens with zero attached hydrogens (tertiary/aromatic N) is 4. The van der Waals surface area contributed by atoms with Gasteiger partial charge in [-0.2, -0.15) is 4.80 Å². The molecular weight excluding hydrogens is 202 g/mol. The first-order valence-electron chi connectivity index (χ1n) is 6.12. The largest absolute Gasteiger partial charge is 0.314 e. The Kier molecular flexibility index (Phi) is 3.23. The number of hydrogen-bond donors (Lipinski definition) is 1. The van der Waals surface area contributed by atoms with Crippen LogP contribution in [0.4, 0.5) is 0 Å². The standard InChI is InChI=1S/C11H21N5/c1-4-7-12-9(2)11(5-6-11)8-10-13-15-16(3)14-10/h9,12H,4-8H2,1-3H3. The van der Waals surface area contributed by atoms with Crippen LogP contribution in [0.25, 0.3) is 0 Å². The predicted molar refractivity (Wildman–Crippen MR) is 61.9 cm³/mol. The molecule has 1 saturated carbocycles. The topological polar surface area (TPSA) is 55.6 Å². The minimum absolute atomic E-state index is 0.387. The van der Waals surface area contributed by atoms with Crippen molar-refractivity contribution in [3.8, 4) is 0 Å². The van der Waals surface area contributed by atoms with E-state index in [0.29, 0.717) is 11.5 Å². The van der Waals surface area contributed by atoms with Gasteiger partial charge in [0.15, 0.2) is 5.82 Å². The molecule has 1 heterocycles. The molecule has 0 aromatic carbocycles. The Hall–Kier alpha value is -0.970. The molecule has 0 saturated heterocycles. The van der Waals surface area contributed by atoms with Gasteiger partial charge in [-0.1, -0.05) is 6.92 Å².